The molecular weight excluding hydrogens is 937 g/mol. The van der Waals surface area contributed by atoms with Crippen LogP contribution in [0.1, 0.15) is 387 Å². The molecule has 0 N–H and O–H groups in total. The number of esters is 3. The molecule has 1 unspecified atom stereocenters. The van der Waals surface area contributed by atoms with Crippen LogP contribution in [-0.2, 0) is 28.6 Å². The Kier molecular flexibility index (Phi) is 63.6. The van der Waals surface area contributed by atoms with E-state index < -0.39 is 6.10 Å². The number of ether oxygens (including phenoxy) is 3. The van der Waals surface area contributed by atoms with E-state index >= 15 is 0 Å². The highest BCUT2D eigenvalue weighted by Gasteiger charge is 2.19. The molecule has 0 spiro atoms. The molecule has 0 aliphatic rings. The van der Waals surface area contributed by atoms with Gasteiger partial charge in [0.2, 0.25) is 0 Å². The molecule has 448 valence electrons. The van der Waals surface area contributed by atoms with Crippen LogP contribution in [-0.4, -0.2) is 37.2 Å². The van der Waals surface area contributed by atoms with Crippen molar-refractivity contribution in [2.24, 2.45) is 0 Å². The van der Waals surface area contributed by atoms with Gasteiger partial charge in [-0.15, -0.1) is 0 Å². The smallest absolute Gasteiger partial charge is 0.306 e. The minimum Gasteiger partial charge on any atom is -0.462 e. The maximum Gasteiger partial charge on any atom is 0.306 e. The summed E-state index contributed by atoms with van der Waals surface area (Å²) in [4.78, 5) is 38.4. The minimum absolute atomic E-state index is 0.0636. The third-order valence-electron chi connectivity index (χ3n) is 15.7. The highest BCUT2D eigenvalue weighted by Crippen LogP contribution is 2.18. The Bertz CT molecular complexity index is 1230. The number of allylic oxidation sites excluding steroid dienone is 4. The highest BCUT2D eigenvalue weighted by molar-refractivity contribution is 5.71. The molecule has 6 heteroatoms. The Balaban J connectivity index is 4.21. The number of rotatable bonds is 64. The molecule has 0 saturated carbocycles. The first kappa shape index (κ1) is 73.9. The summed E-state index contributed by atoms with van der Waals surface area (Å²) in [5.41, 5.74) is 0. The predicted octanol–water partition coefficient (Wildman–Crippen LogP) is 23.4. The van der Waals surface area contributed by atoms with Crippen LogP contribution in [0.4, 0.5) is 0 Å². The average Bonchev–Trinajstić information content (AvgIpc) is 3.42. The van der Waals surface area contributed by atoms with E-state index in [-0.39, 0.29) is 31.1 Å². The van der Waals surface area contributed by atoms with Crippen LogP contribution in [0.15, 0.2) is 24.3 Å². The summed E-state index contributed by atoms with van der Waals surface area (Å²) in [6.45, 7) is 6.71. The largest absolute Gasteiger partial charge is 0.462 e. The molecule has 0 fully saturated rings. The summed E-state index contributed by atoms with van der Waals surface area (Å²) >= 11 is 0. The molecule has 0 bridgehead atoms. The fourth-order valence-electron chi connectivity index (χ4n) is 10.5. The van der Waals surface area contributed by atoms with Gasteiger partial charge in [0.1, 0.15) is 13.2 Å². The zero-order valence-corrected chi connectivity index (χ0v) is 51.6. The lowest BCUT2D eigenvalue weighted by atomic mass is 10.0. The summed E-state index contributed by atoms with van der Waals surface area (Å²) in [6.07, 6.45) is 79.1. The number of hydrogen-bond donors (Lipinski definition) is 0. The second-order valence-corrected chi connectivity index (χ2v) is 23.5. The quantitative estimate of drug-likeness (QED) is 0.0261. The molecule has 0 radical (unpaired) electrons. The topological polar surface area (TPSA) is 78.9 Å². The molecule has 0 aromatic carbocycles. The molecule has 0 aliphatic carbocycles. The summed E-state index contributed by atoms with van der Waals surface area (Å²) in [7, 11) is 0. The van der Waals surface area contributed by atoms with Crippen LogP contribution in [0.3, 0.4) is 0 Å². The van der Waals surface area contributed by atoms with E-state index in [1.807, 2.05) is 0 Å². The van der Waals surface area contributed by atoms with Gasteiger partial charge in [-0.25, -0.2) is 0 Å². The standard InChI is InChI=1S/C70H132O6/c1-4-7-10-13-16-19-22-25-28-30-31-32-33-34-35-36-37-38-39-40-43-45-48-51-54-57-60-63-69(72)75-66-67(65-74-68(71)62-59-56-53-50-47-44-41-27-24-21-18-15-12-9-6-3)76-70(73)64-61-58-55-52-49-46-42-29-26-23-20-17-14-11-8-5-2/h22,25,30-31,67H,4-21,23-24,26-29,32-66H2,1-3H3/b25-22-,31-30-. The maximum absolute atomic E-state index is 12.9. The van der Waals surface area contributed by atoms with Gasteiger partial charge in [0, 0.05) is 19.3 Å². The number of hydrogen-bond acceptors (Lipinski definition) is 6. The van der Waals surface area contributed by atoms with Gasteiger partial charge in [-0.1, -0.05) is 340 Å². The van der Waals surface area contributed by atoms with Crippen LogP contribution >= 0.6 is 0 Å². The summed E-state index contributed by atoms with van der Waals surface area (Å²) in [5, 5.41) is 0. The summed E-state index contributed by atoms with van der Waals surface area (Å²) in [6, 6.07) is 0. The third kappa shape index (κ3) is 62.7. The minimum atomic E-state index is -0.766. The van der Waals surface area contributed by atoms with Crippen molar-refractivity contribution in [2.75, 3.05) is 13.2 Å². The fourth-order valence-corrected chi connectivity index (χ4v) is 10.5. The zero-order chi connectivity index (χ0) is 55.0. The Morgan fingerprint density at radius 1 is 0.263 bits per heavy atom. The van der Waals surface area contributed by atoms with Gasteiger partial charge in [-0.3, -0.25) is 14.4 Å². The molecule has 76 heavy (non-hydrogen) atoms. The lowest BCUT2D eigenvalue weighted by molar-refractivity contribution is -0.167. The van der Waals surface area contributed by atoms with Gasteiger partial charge in [-0.2, -0.15) is 0 Å². The van der Waals surface area contributed by atoms with E-state index in [2.05, 4.69) is 45.1 Å². The van der Waals surface area contributed by atoms with Gasteiger partial charge < -0.3 is 14.2 Å². The molecule has 0 rings (SSSR count). The highest BCUT2D eigenvalue weighted by atomic mass is 16.6. The lowest BCUT2D eigenvalue weighted by Crippen LogP contribution is -2.30. The summed E-state index contributed by atoms with van der Waals surface area (Å²) < 4.78 is 17.0. The van der Waals surface area contributed by atoms with E-state index in [0.29, 0.717) is 19.3 Å². The van der Waals surface area contributed by atoms with Gasteiger partial charge >= 0.3 is 17.9 Å². The first-order chi connectivity index (χ1) is 37.5. The number of unbranched alkanes of at least 4 members (excludes halogenated alkanes) is 49. The first-order valence-electron chi connectivity index (χ1n) is 34.3. The molecule has 0 amide bonds. The van der Waals surface area contributed by atoms with Crippen molar-refractivity contribution in [3.63, 3.8) is 0 Å². The van der Waals surface area contributed by atoms with Gasteiger partial charge in [0.25, 0.3) is 0 Å². The molecule has 0 aliphatic heterocycles. The van der Waals surface area contributed by atoms with E-state index in [9.17, 15) is 14.4 Å². The Morgan fingerprint density at radius 2 is 0.474 bits per heavy atom. The van der Waals surface area contributed by atoms with Gasteiger partial charge in [0.05, 0.1) is 0 Å². The average molecular weight is 1070 g/mol. The Morgan fingerprint density at radius 3 is 0.724 bits per heavy atom. The van der Waals surface area contributed by atoms with Crippen LogP contribution in [0.2, 0.25) is 0 Å². The van der Waals surface area contributed by atoms with Crippen molar-refractivity contribution in [2.45, 2.75) is 393 Å². The van der Waals surface area contributed by atoms with Crippen LogP contribution < -0.4 is 0 Å². The second kappa shape index (κ2) is 65.4. The molecule has 0 saturated heterocycles. The van der Waals surface area contributed by atoms with Crippen molar-refractivity contribution < 1.29 is 28.6 Å². The third-order valence-corrected chi connectivity index (χ3v) is 15.7. The Labute approximate surface area is 474 Å². The van der Waals surface area contributed by atoms with Crippen molar-refractivity contribution in [1.29, 1.82) is 0 Å². The van der Waals surface area contributed by atoms with Crippen LogP contribution in [0, 0.1) is 0 Å². The normalized spacial score (nSPS) is 12.1. The van der Waals surface area contributed by atoms with E-state index in [1.54, 1.807) is 0 Å². The lowest BCUT2D eigenvalue weighted by Gasteiger charge is -2.18. The molecule has 6 nitrogen and oxygen atoms in total. The molecule has 0 heterocycles. The maximum atomic E-state index is 12.9. The Hall–Kier alpha value is -2.11. The second-order valence-electron chi connectivity index (χ2n) is 23.5. The predicted molar refractivity (Wildman–Crippen MR) is 330 cm³/mol. The van der Waals surface area contributed by atoms with Crippen LogP contribution in [0.5, 0.6) is 0 Å². The van der Waals surface area contributed by atoms with Crippen LogP contribution in [0.25, 0.3) is 0 Å². The molecule has 0 aromatic rings. The molecule has 0 aromatic heterocycles. The van der Waals surface area contributed by atoms with Crippen molar-refractivity contribution >= 4 is 17.9 Å². The van der Waals surface area contributed by atoms with Crippen molar-refractivity contribution in [3.8, 4) is 0 Å². The van der Waals surface area contributed by atoms with Crippen molar-refractivity contribution in [3.05, 3.63) is 24.3 Å². The first-order valence-corrected chi connectivity index (χ1v) is 34.3. The number of carbonyl (C=O) groups is 3. The SMILES string of the molecule is CCCCCCC/C=C\C/C=C\CCCCCCCCCCCCCCCCCC(=O)OCC(COC(=O)CCCCCCCCCCCCCCCCC)OC(=O)CCCCCCCCCCCCCCCCCC. The molecule has 1 atom stereocenters. The van der Waals surface area contributed by atoms with E-state index in [1.165, 1.54) is 283 Å². The van der Waals surface area contributed by atoms with Gasteiger partial charge in [0.15, 0.2) is 6.10 Å². The van der Waals surface area contributed by atoms with E-state index in [4.69, 9.17) is 14.2 Å². The zero-order valence-electron chi connectivity index (χ0n) is 51.6. The van der Waals surface area contributed by atoms with Gasteiger partial charge in [-0.05, 0) is 51.4 Å². The summed E-state index contributed by atoms with van der Waals surface area (Å²) in [5.74, 6) is -0.831. The monoisotopic (exact) mass is 1070 g/mol. The number of carbonyl (C=O) groups excluding carboxylic acids is 3. The molecular formula is C70H132O6. The fraction of sp³-hybridized carbons (Fsp3) is 0.900. The van der Waals surface area contributed by atoms with E-state index in [0.717, 1.165) is 64.2 Å². The van der Waals surface area contributed by atoms with Crippen molar-refractivity contribution in [1.82, 2.24) is 0 Å².